The van der Waals surface area contributed by atoms with Crippen molar-refractivity contribution in [2.24, 2.45) is 7.05 Å². The molecular weight excluding hydrogens is 392 g/mol. The minimum Gasteiger partial charge on any atom is -0.346 e. The Labute approximate surface area is 179 Å². The first-order valence-corrected chi connectivity index (χ1v) is 10.6. The minimum absolute atomic E-state index is 0.00206. The van der Waals surface area contributed by atoms with Crippen molar-refractivity contribution >= 4 is 27.8 Å². The van der Waals surface area contributed by atoms with Crippen LogP contribution in [0.5, 0.6) is 0 Å². The van der Waals surface area contributed by atoms with E-state index in [1.165, 1.54) is 4.68 Å². The SMILES string of the molecule is C[C@@H](NC(=O)CCCCCn1nnc2ccccc2c1=O)c1nc2ccccc2n1C. The Morgan fingerprint density at radius 2 is 1.77 bits per heavy atom. The zero-order chi connectivity index (χ0) is 21.8. The molecule has 2 heterocycles. The fourth-order valence-electron chi connectivity index (χ4n) is 3.82. The molecule has 4 rings (SSSR count). The number of benzene rings is 2. The molecule has 0 saturated heterocycles. The van der Waals surface area contributed by atoms with Crippen LogP contribution in [0.15, 0.2) is 53.3 Å². The highest BCUT2D eigenvalue weighted by Gasteiger charge is 2.16. The van der Waals surface area contributed by atoms with Crippen molar-refractivity contribution in [3.8, 4) is 0 Å². The van der Waals surface area contributed by atoms with E-state index in [0.29, 0.717) is 23.9 Å². The van der Waals surface area contributed by atoms with Crippen molar-refractivity contribution in [2.45, 2.75) is 45.2 Å². The summed E-state index contributed by atoms with van der Waals surface area (Å²) in [5.41, 5.74) is 2.45. The van der Waals surface area contributed by atoms with Gasteiger partial charge in [-0.2, -0.15) is 0 Å². The number of nitrogens with one attached hydrogen (secondary N) is 1. The molecule has 0 aliphatic carbocycles. The predicted molar refractivity (Wildman–Crippen MR) is 120 cm³/mol. The molecule has 0 unspecified atom stereocenters. The highest BCUT2D eigenvalue weighted by Crippen LogP contribution is 2.19. The Hall–Kier alpha value is -3.55. The van der Waals surface area contributed by atoms with Gasteiger partial charge < -0.3 is 9.88 Å². The summed E-state index contributed by atoms with van der Waals surface area (Å²) >= 11 is 0. The molecular formula is C23H26N6O2. The van der Waals surface area contributed by atoms with Crippen LogP contribution in [-0.4, -0.2) is 30.5 Å². The summed E-state index contributed by atoms with van der Waals surface area (Å²) in [5, 5.41) is 11.7. The first-order valence-electron chi connectivity index (χ1n) is 10.6. The summed E-state index contributed by atoms with van der Waals surface area (Å²) in [6.45, 7) is 2.44. The minimum atomic E-state index is -0.170. The number of amides is 1. The second-order valence-corrected chi connectivity index (χ2v) is 7.75. The lowest BCUT2D eigenvalue weighted by Crippen LogP contribution is -2.28. The van der Waals surface area contributed by atoms with Crippen LogP contribution in [0.3, 0.4) is 0 Å². The van der Waals surface area contributed by atoms with E-state index >= 15 is 0 Å². The first-order chi connectivity index (χ1) is 15.0. The molecule has 0 bridgehead atoms. The fraction of sp³-hybridized carbons (Fsp3) is 0.348. The van der Waals surface area contributed by atoms with Crippen LogP contribution in [0.1, 0.15) is 44.5 Å². The van der Waals surface area contributed by atoms with Crippen LogP contribution < -0.4 is 10.9 Å². The molecule has 1 atom stereocenters. The molecule has 8 heteroatoms. The lowest BCUT2D eigenvalue weighted by Gasteiger charge is -2.14. The van der Waals surface area contributed by atoms with Crippen molar-refractivity contribution in [1.82, 2.24) is 29.9 Å². The van der Waals surface area contributed by atoms with Gasteiger partial charge in [0.15, 0.2) is 0 Å². The van der Waals surface area contributed by atoms with E-state index in [-0.39, 0.29) is 17.5 Å². The van der Waals surface area contributed by atoms with Crippen LogP contribution in [0.2, 0.25) is 0 Å². The van der Waals surface area contributed by atoms with E-state index in [1.54, 1.807) is 12.1 Å². The van der Waals surface area contributed by atoms with Gasteiger partial charge in [-0.1, -0.05) is 35.9 Å². The quantitative estimate of drug-likeness (QED) is 0.444. The zero-order valence-electron chi connectivity index (χ0n) is 17.8. The van der Waals surface area contributed by atoms with E-state index in [2.05, 4.69) is 20.6 Å². The number of rotatable bonds is 8. The van der Waals surface area contributed by atoms with Gasteiger partial charge in [-0.05, 0) is 44.0 Å². The van der Waals surface area contributed by atoms with E-state index in [4.69, 9.17) is 0 Å². The third kappa shape index (κ3) is 4.47. The fourth-order valence-corrected chi connectivity index (χ4v) is 3.82. The lowest BCUT2D eigenvalue weighted by molar-refractivity contribution is -0.121. The molecule has 0 saturated carbocycles. The number of aromatic nitrogens is 5. The predicted octanol–water partition coefficient (Wildman–Crippen LogP) is 3.12. The summed E-state index contributed by atoms with van der Waals surface area (Å²) in [6, 6.07) is 15.0. The number of fused-ring (bicyclic) bond motifs is 2. The van der Waals surface area contributed by atoms with Crippen molar-refractivity contribution in [2.75, 3.05) is 0 Å². The van der Waals surface area contributed by atoms with Gasteiger partial charge in [0.05, 0.1) is 22.5 Å². The van der Waals surface area contributed by atoms with Gasteiger partial charge in [0, 0.05) is 20.0 Å². The summed E-state index contributed by atoms with van der Waals surface area (Å²) in [7, 11) is 1.96. The second-order valence-electron chi connectivity index (χ2n) is 7.75. The first kappa shape index (κ1) is 20.7. The smallest absolute Gasteiger partial charge is 0.277 e. The number of nitrogens with zero attached hydrogens (tertiary/aromatic N) is 5. The maximum Gasteiger partial charge on any atom is 0.277 e. The summed E-state index contributed by atoms with van der Waals surface area (Å²) in [6.07, 6.45) is 2.78. The molecule has 0 spiro atoms. The number of para-hydroxylation sites is 2. The molecule has 1 amide bonds. The Balaban J connectivity index is 1.24. The maximum absolute atomic E-state index is 12.4. The van der Waals surface area contributed by atoms with Crippen LogP contribution in [0.4, 0.5) is 0 Å². The van der Waals surface area contributed by atoms with Gasteiger partial charge in [-0.25, -0.2) is 9.67 Å². The third-order valence-corrected chi connectivity index (χ3v) is 5.49. The van der Waals surface area contributed by atoms with E-state index in [0.717, 1.165) is 36.1 Å². The van der Waals surface area contributed by atoms with Gasteiger partial charge in [0.25, 0.3) is 5.56 Å². The third-order valence-electron chi connectivity index (χ3n) is 5.49. The van der Waals surface area contributed by atoms with Crippen molar-refractivity contribution < 1.29 is 4.79 Å². The summed E-state index contributed by atoms with van der Waals surface area (Å²) in [5.74, 6) is 0.839. The van der Waals surface area contributed by atoms with Gasteiger partial charge in [0.1, 0.15) is 11.3 Å². The van der Waals surface area contributed by atoms with Crippen LogP contribution in [0, 0.1) is 0 Å². The second kappa shape index (κ2) is 9.07. The largest absolute Gasteiger partial charge is 0.346 e. The zero-order valence-corrected chi connectivity index (χ0v) is 17.8. The lowest BCUT2D eigenvalue weighted by atomic mass is 10.1. The summed E-state index contributed by atoms with van der Waals surface area (Å²) in [4.78, 5) is 29.4. The maximum atomic E-state index is 12.4. The highest BCUT2D eigenvalue weighted by molar-refractivity contribution is 5.78. The Morgan fingerprint density at radius 3 is 2.58 bits per heavy atom. The monoisotopic (exact) mass is 418 g/mol. The number of imidazole rings is 1. The number of aryl methyl sites for hydroxylation is 2. The average Bonchev–Trinajstić information content (AvgIpc) is 3.12. The molecule has 1 N–H and O–H groups in total. The number of unbranched alkanes of at least 4 members (excludes halogenated alkanes) is 2. The summed E-state index contributed by atoms with van der Waals surface area (Å²) < 4.78 is 3.42. The Morgan fingerprint density at radius 1 is 1.03 bits per heavy atom. The number of hydrogen-bond donors (Lipinski definition) is 1. The highest BCUT2D eigenvalue weighted by atomic mass is 16.1. The molecule has 0 fully saturated rings. The Kier molecular flexibility index (Phi) is 6.06. The van der Waals surface area contributed by atoms with E-state index in [1.807, 2.05) is 54.9 Å². The van der Waals surface area contributed by atoms with E-state index in [9.17, 15) is 9.59 Å². The molecule has 4 aromatic rings. The van der Waals surface area contributed by atoms with Crippen LogP contribution in [-0.2, 0) is 18.4 Å². The van der Waals surface area contributed by atoms with Gasteiger partial charge in [-0.15, -0.1) is 5.10 Å². The number of carbonyl (C=O) groups excluding carboxylic acids is 1. The number of carbonyl (C=O) groups is 1. The van der Waals surface area contributed by atoms with E-state index < -0.39 is 0 Å². The molecule has 31 heavy (non-hydrogen) atoms. The van der Waals surface area contributed by atoms with Crippen LogP contribution in [0.25, 0.3) is 21.9 Å². The van der Waals surface area contributed by atoms with Crippen LogP contribution >= 0.6 is 0 Å². The molecule has 160 valence electrons. The molecule has 2 aromatic heterocycles. The topological polar surface area (TPSA) is 94.7 Å². The normalized spacial score (nSPS) is 12.3. The molecule has 0 aliphatic heterocycles. The van der Waals surface area contributed by atoms with Crippen molar-refractivity contribution in [3.05, 3.63) is 64.7 Å². The van der Waals surface area contributed by atoms with Gasteiger partial charge >= 0.3 is 0 Å². The van der Waals surface area contributed by atoms with Gasteiger partial charge in [0.2, 0.25) is 5.91 Å². The molecule has 0 radical (unpaired) electrons. The standard InChI is InChI=1S/C23H26N6O2/c1-16(22-25-19-12-7-8-13-20(19)28(22)2)24-21(30)14-4-3-9-15-29-23(31)17-10-5-6-11-18(17)26-27-29/h5-8,10-13,16H,3-4,9,14-15H2,1-2H3,(H,24,30)/t16-/m1/s1. The molecule has 0 aliphatic rings. The Bertz CT molecular complexity index is 1280. The van der Waals surface area contributed by atoms with Gasteiger partial charge in [-0.3, -0.25) is 9.59 Å². The van der Waals surface area contributed by atoms with Crippen molar-refractivity contribution in [1.29, 1.82) is 0 Å². The molecule has 8 nitrogen and oxygen atoms in total. The average molecular weight is 419 g/mol. The number of hydrogen-bond acceptors (Lipinski definition) is 5. The van der Waals surface area contributed by atoms with Crippen molar-refractivity contribution in [3.63, 3.8) is 0 Å². The molecule has 2 aromatic carbocycles.